The van der Waals surface area contributed by atoms with Crippen LogP contribution in [0.5, 0.6) is 0 Å². The van der Waals surface area contributed by atoms with Crippen LogP contribution in [0.4, 0.5) is 26.3 Å². The van der Waals surface area contributed by atoms with Crippen molar-refractivity contribution in [3.8, 4) is 0 Å². The highest BCUT2D eigenvalue weighted by molar-refractivity contribution is 7.86. The van der Waals surface area contributed by atoms with Crippen LogP contribution in [0.1, 0.15) is 17.5 Å². The average molecular weight is 478 g/mol. The molecule has 0 bridgehead atoms. The fourth-order valence-corrected chi connectivity index (χ4v) is 2.44. The number of ketones is 1. The van der Waals surface area contributed by atoms with E-state index < -0.39 is 64.4 Å². The van der Waals surface area contributed by atoms with E-state index >= 15 is 0 Å². The van der Waals surface area contributed by atoms with Crippen molar-refractivity contribution in [3.05, 3.63) is 47.8 Å². The van der Waals surface area contributed by atoms with Crippen LogP contribution in [0.15, 0.2) is 36.7 Å². The second-order valence-electron chi connectivity index (χ2n) is 6.21. The molecule has 14 heteroatoms. The normalized spacial score (nSPS) is 14.6. The van der Waals surface area contributed by atoms with Crippen LogP contribution < -0.4 is 0 Å². The lowest BCUT2D eigenvalue weighted by atomic mass is 10.0. The zero-order valence-electron chi connectivity index (χ0n) is 15.7. The molecular weight excluding hydrogens is 462 g/mol. The fourth-order valence-electron chi connectivity index (χ4n) is 2.10. The van der Waals surface area contributed by atoms with Gasteiger partial charge < -0.3 is 9.47 Å². The minimum Gasteiger partial charge on any atom is -0.411 e. The quantitative estimate of drug-likeness (QED) is 0.181. The van der Waals surface area contributed by atoms with E-state index in [4.69, 9.17) is 4.55 Å². The van der Waals surface area contributed by atoms with E-state index in [2.05, 4.69) is 16.1 Å². The summed E-state index contributed by atoms with van der Waals surface area (Å²) in [5.74, 6) is -11.0. The summed E-state index contributed by atoms with van der Waals surface area (Å²) in [7, 11) is -6.03. The van der Waals surface area contributed by atoms with E-state index in [1.807, 2.05) is 0 Å². The molecule has 0 heterocycles. The number of hydrogen-bond acceptors (Lipinski definition) is 6. The summed E-state index contributed by atoms with van der Waals surface area (Å²) >= 11 is 0. The third-order valence-corrected chi connectivity index (χ3v) is 4.72. The number of alkyl halides is 5. The molecule has 1 rings (SSSR count). The number of rotatable bonds is 10. The lowest BCUT2D eigenvalue weighted by molar-refractivity contribution is -0.347. The summed E-state index contributed by atoms with van der Waals surface area (Å²) in [6, 6.07) is 5.36. The molecule has 31 heavy (non-hydrogen) atoms. The van der Waals surface area contributed by atoms with Crippen LogP contribution in [-0.4, -0.2) is 48.5 Å². The monoisotopic (exact) mass is 478 g/mol. The zero-order chi connectivity index (χ0) is 24.3. The van der Waals surface area contributed by atoms with Gasteiger partial charge in [-0.15, -0.1) is 0 Å². The minimum absolute atomic E-state index is 0.0220. The van der Waals surface area contributed by atoms with Crippen molar-refractivity contribution >= 4 is 21.9 Å². The largest absolute Gasteiger partial charge is 0.464 e. The van der Waals surface area contributed by atoms with E-state index in [9.17, 15) is 44.3 Å². The smallest absolute Gasteiger partial charge is 0.411 e. The predicted molar refractivity (Wildman–Crippen MR) is 92.1 cm³/mol. The molecular formula is C17H16F6O7S. The molecule has 0 fully saturated rings. The second-order valence-corrected chi connectivity index (χ2v) is 7.75. The van der Waals surface area contributed by atoms with E-state index in [1.165, 1.54) is 24.3 Å². The molecule has 0 aliphatic carbocycles. The number of carbonyl (C=O) groups excluding carboxylic acids is 2. The molecule has 0 amide bonds. The standard InChI is InChI=1S/C17H16F6O7S/c1-10-3-5-12(6-4-10)9-13(24)16(17(21,22)23,30-14(25)11(2)18)29-8-7-15(19,20)31(26,27)28/h3-6H,2,7-9H2,1H3,(H,26,27,28). The van der Waals surface area contributed by atoms with Gasteiger partial charge in [0.05, 0.1) is 13.0 Å². The first-order chi connectivity index (χ1) is 13.9. The van der Waals surface area contributed by atoms with E-state index in [0.717, 1.165) is 0 Å². The van der Waals surface area contributed by atoms with Gasteiger partial charge >= 0.3 is 33.3 Å². The molecule has 0 spiro atoms. The van der Waals surface area contributed by atoms with Crippen molar-refractivity contribution < 1.29 is 58.4 Å². The minimum atomic E-state index is -6.03. The molecule has 1 N–H and O–H groups in total. The lowest BCUT2D eigenvalue weighted by Crippen LogP contribution is -2.58. The van der Waals surface area contributed by atoms with Crippen molar-refractivity contribution in [1.82, 2.24) is 0 Å². The van der Waals surface area contributed by atoms with E-state index in [1.54, 1.807) is 6.92 Å². The Morgan fingerprint density at radius 1 is 1.10 bits per heavy atom. The number of hydrogen-bond donors (Lipinski definition) is 1. The fraction of sp³-hybridized carbons (Fsp3) is 0.412. The molecule has 174 valence electrons. The van der Waals surface area contributed by atoms with Crippen molar-refractivity contribution in [2.24, 2.45) is 0 Å². The Labute approximate surface area is 172 Å². The molecule has 1 atom stereocenters. The Balaban J connectivity index is 3.33. The number of Topliss-reactive ketones (excluding diaryl/α,β-unsaturated/α-hetero) is 1. The molecule has 0 aromatic heterocycles. The Morgan fingerprint density at radius 3 is 2.03 bits per heavy atom. The third kappa shape index (κ3) is 6.51. The molecule has 0 saturated heterocycles. The summed E-state index contributed by atoms with van der Waals surface area (Å²) in [4.78, 5) is 23.9. The van der Waals surface area contributed by atoms with E-state index in [-0.39, 0.29) is 5.56 Å². The maximum Gasteiger partial charge on any atom is 0.464 e. The SMILES string of the molecule is C=C(F)C(=O)OC(OCCC(F)(F)S(=O)(=O)O)(C(=O)Cc1ccc(C)cc1)C(F)(F)F. The van der Waals surface area contributed by atoms with Crippen LogP contribution in [0.25, 0.3) is 0 Å². The second kappa shape index (κ2) is 9.36. The number of halogens is 6. The number of esters is 1. The Kier molecular flexibility index (Phi) is 8.03. The highest BCUT2D eigenvalue weighted by atomic mass is 32.2. The van der Waals surface area contributed by atoms with Crippen LogP contribution >= 0.6 is 0 Å². The van der Waals surface area contributed by atoms with Crippen molar-refractivity contribution in [1.29, 1.82) is 0 Å². The van der Waals surface area contributed by atoms with Crippen LogP contribution in [-0.2, 0) is 35.6 Å². The molecule has 7 nitrogen and oxygen atoms in total. The molecule has 1 unspecified atom stereocenters. The van der Waals surface area contributed by atoms with E-state index in [0.29, 0.717) is 5.56 Å². The predicted octanol–water partition coefficient (Wildman–Crippen LogP) is 3.28. The zero-order valence-corrected chi connectivity index (χ0v) is 16.5. The average Bonchev–Trinajstić information content (AvgIpc) is 2.60. The van der Waals surface area contributed by atoms with Gasteiger partial charge in [-0.05, 0) is 12.5 Å². The van der Waals surface area contributed by atoms with Gasteiger partial charge in [-0.2, -0.15) is 34.8 Å². The first-order valence-corrected chi connectivity index (χ1v) is 9.59. The highest BCUT2D eigenvalue weighted by Crippen LogP contribution is 2.38. The van der Waals surface area contributed by atoms with Crippen molar-refractivity contribution in [2.75, 3.05) is 6.61 Å². The summed E-state index contributed by atoms with van der Waals surface area (Å²) < 4.78 is 118. The molecule has 0 saturated carbocycles. The first-order valence-electron chi connectivity index (χ1n) is 8.15. The molecule has 1 aromatic rings. The van der Waals surface area contributed by atoms with Gasteiger partial charge in [0.1, 0.15) is 0 Å². The number of carbonyl (C=O) groups is 2. The Hall–Kier alpha value is -2.45. The first kappa shape index (κ1) is 26.6. The lowest BCUT2D eigenvalue weighted by Gasteiger charge is -2.33. The number of aryl methyl sites for hydroxylation is 1. The molecule has 1 aromatic carbocycles. The third-order valence-electron chi connectivity index (χ3n) is 3.76. The van der Waals surface area contributed by atoms with Crippen LogP contribution in [0.2, 0.25) is 0 Å². The van der Waals surface area contributed by atoms with Gasteiger partial charge in [0.2, 0.25) is 11.6 Å². The van der Waals surface area contributed by atoms with Crippen molar-refractivity contribution in [2.45, 2.75) is 37.0 Å². The van der Waals surface area contributed by atoms with Gasteiger partial charge in [0.15, 0.2) is 0 Å². The summed E-state index contributed by atoms with van der Waals surface area (Å²) in [5.41, 5.74) is 0.661. The van der Waals surface area contributed by atoms with Crippen LogP contribution in [0.3, 0.4) is 0 Å². The molecule has 0 aliphatic heterocycles. The topological polar surface area (TPSA) is 107 Å². The summed E-state index contributed by atoms with van der Waals surface area (Å²) in [5, 5.41) is -4.95. The van der Waals surface area contributed by atoms with Gasteiger partial charge in [-0.25, -0.2) is 4.79 Å². The summed E-state index contributed by atoms with van der Waals surface area (Å²) in [6.07, 6.45) is -9.02. The maximum absolute atomic E-state index is 13.7. The highest BCUT2D eigenvalue weighted by Gasteiger charge is 2.66. The van der Waals surface area contributed by atoms with Gasteiger partial charge in [0, 0.05) is 6.42 Å². The van der Waals surface area contributed by atoms with Crippen molar-refractivity contribution in [3.63, 3.8) is 0 Å². The Bertz CT molecular complexity index is 941. The van der Waals surface area contributed by atoms with Crippen LogP contribution in [0, 0.1) is 6.92 Å². The van der Waals surface area contributed by atoms with Gasteiger partial charge in [-0.1, -0.05) is 36.4 Å². The molecule has 0 radical (unpaired) electrons. The number of benzene rings is 1. The Morgan fingerprint density at radius 2 is 1.61 bits per heavy atom. The number of ether oxygens (including phenoxy) is 2. The maximum atomic E-state index is 13.7. The van der Waals surface area contributed by atoms with Gasteiger partial charge in [0.25, 0.3) is 0 Å². The van der Waals surface area contributed by atoms with Gasteiger partial charge in [-0.3, -0.25) is 9.35 Å². The summed E-state index contributed by atoms with van der Waals surface area (Å²) in [6.45, 7) is 2.22. The molecule has 0 aliphatic rings.